The van der Waals surface area contributed by atoms with Gasteiger partial charge in [0.25, 0.3) is 5.91 Å². The smallest absolute Gasteiger partial charge is 0.343 e. The lowest BCUT2D eigenvalue weighted by molar-refractivity contribution is 0.0734. The van der Waals surface area contributed by atoms with Gasteiger partial charge in [-0.15, -0.1) is 11.3 Å². The Morgan fingerprint density at radius 3 is 2.52 bits per heavy atom. The van der Waals surface area contributed by atoms with Gasteiger partial charge in [0.05, 0.1) is 11.1 Å². The molecule has 1 aromatic heterocycles. The Hall–Kier alpha value is -3.12. The third-order valence-electron chi connectivity index (χ3n) is 5.38. The molecule has 6 heteroatoms. The second kappa shape index (κ2) is 7.37. The number of ether oxygens (including phenoxy) is 1. The standard InChI is InChI=1S/C23H20N2O3S/c26-21-19-17-8-4-5-9-18(17)29-22(19)25-20(24-21)14-10-12-16(13-11-14)28-23(27)15-6-2-1-3-7-15/h1-3,6-7,10-13,20,25H,4-5,8-9H2,(H,24,26)/t20-/m1/s1. The predicted octanol–water partition coefficient (Wildman–Crippen LogP) is 4.70. The molecule has 0 saturated carbocycles. The van der Waals surface area contributed by atoms with Gasteiger partial charge < -0.3 is 15.4 Å². The summed E-state index contributed by atoms with van der Waals surface area (Å²) in [6, 6.07) is 16.1. The Bertz CT molecular complexity index is 1070. The van der Waals surface area contributed by atoms with Gasteiger partial charge in [-0.2, -0.15) is 0 Å². The molecule has 1 amide bonds. The summed E-state index contributed by atoms with van der Waals surface area (Å²) in [5, 5.41) is 7.49. The number of benzene rings is 2. The summed E-state index contributed by atoms with van der Waals surface area (Å²) in [6.45, 7) is 0. The van der Waals surface area contributed by atoms with E-state index in [1.54, 1.807) is 47.7 Å². The topological polar surface area (TPSA) is 67.4 Å². The molecule has 0 saturated heterocycles. The van der Waals surface area contributed by atoms with Crippen molar-refractivity contribution in [2.45, 2.75) is 31.8 Å². The summed E-state index contributed by atoms with van der Waals surface area (Å²) in [6.07, 6.45) is 4.10. The van der Waals surface area contributed by atoms with Gasteiger partial charge in [-0.25, -0.2) is 4.79 Å². The van der Waals surface area contributed by atoms with E-state index in [9.17, 15) is 9.59 Å². The summed E-state index contributed by atoms with van der Waals surface area (Å²) in [4.78, 5) is 26.3. The Balaban J connectivity index is 1.32. The quantitative estimate of drug-likeness (QED) is 0.490. The molecule has 146 valence electrons. The van der Waals surface area contributed by atoms with Crippen LogP contribution in [0.15, 0.2) is 54.6 Å². The zero-order chi connectivity index (χ0) is 19.8. The van der Waals surface area contributed by atoms with E-state index in [4.69, 9.17) is 4.74 Å². The van der Waals surface area contributed by atoms with E-state index in [0.29, 0.717) is 11.3 Å². The van der Waals surface area contributed by atoms with E-state index in [2.05, 4.69) is 10.6 Å². The van der Waals surface area contributed by atoms with Crippen molar-refractivity contribution in [1.82, 2.24) is 5.32 Å². The molecule has 1 aliphatic carbocycles. The lowest BCUT2D eigenvalue weighted by Crippen LogP contribution is -2.38. The third kappa shape index (κ3) is 3.40. The van der Waals surface area contributed by atoms with Crippen LogP contribution in [0.1, 0.15) is 55.7 Å². The normalized spacial score (nSPS) is 17.5. The second-order valence-electron chi connectivity index (χ2n) is 7.29. The van der Waals surface area contributed by atoms with Gasteiger partial charge in [-0.05, 0) is 61.1 Å². The highest BCUT2D eigenvalue weighted by Gasteiger charge is 2.31. The van der Waals surface area contributed by atoms with Crippen molar-refractivity contribution in [2.75, 3.05) is 5.32 Å². The number of nitrogens with one attached hydrogen (secondary N) is 2. The molecular weight excluding hydrogens is 384 g/mol. The Morgan fingerprint density at radius 2 is 1.72 bits per heavy atom. The molecule has 29 heavy (non-hydrogen) atoms. The number of anilines is 1. The van der Waals surface area contributed by atoms with Crippen molar-refractivity contribution in [3.8, 4) is 5.75 Å². The summed E-state index contributed by atoms with van der Waals surface area (Å²) in [5.41, 5.74) is 3.47. The SMILES string of the molecule is O=C(Oc1ccc([C@@H]2NC(=O)c3c(sc4c3CCCC4)N2)cc1)c1ccccc1. The van der Waals surface area contributed by atoms with Gasteiger partial charge in [0.15, 0.2) is 0 Å². The van der Waals surface area contributed by atoms with Crippen molar-refractivity contribution in [3.63, 3.8) is 0 Å². The molecule has 2 heterocycles. The van der Waals surface area contributed by atoms with Crippen LogP contribution in [0, 0.1) is 0 Å². The van der Waals surface area contributed by atoms with Gasteiger partial charge >= 0.3 is 5.97 Å². The number of rotatable bonds is 3. The number of hydrogen-bond donors (Lipinski definition) is 2. The molecule has 1 aliphatic heterocycles. The summed E-state index contributed by atoms with van der Waals surface area (Å²) >= 11 is 1.71. The van der Waals surface area contributed by atoms with Gasteiger partial charge in [-0.1, -0.05) is 30.3 Å². The summed E-state index contributed by atoms with van der Waals surface area (Å²) < 4.78 is 5.43. The highest BCUT2D eigenvalue weighted by Crippen LogP contribution is 2.41. The molecule has 0 spiro atoms. The largest absolute Gasteiger partial charge is 0.423 e. The first-order chi connectivity index (χ1) is 14.2. The molecule has 0 bridgehead atoms. The maximum absolute atomic E-state index is 12.8. The number of aryl methyl sites for hydroxylation is 1. The fourth-order valence-electron chi connectivity index (χ4n) is 3.91. The minimum Gasteiger partial charge on any atom is -0.423 e. The van der Waals surface area contributed by atoms with Crippen LogP contribution < -0.4 is 15.4 Å². The van der Waals surface area contributed by atoms with Crippen molar-refractivity contribution in [1.29, 1.82) is 0 Å². The first-order valence-electron chi connectivity index (χ1n) is 9.78. The second-order valence-corrected chi connectivity index (χ2v) is 8.40. The molecule has 2 aliphatic rings. The third-order valence-corrected chi connectivity index (χ3v) is 6.61. The van der Waals surface area contributed by atoms with Crippen LogP contribution in [0.3, 0.4) is 0 Å². The molecule has 0 fully saturated rings. The number of carbonyl (C=O) groups is 2. The number of esters is 1. The maximum atomic E-state index is 12.8. The number of thiophene rings is 1. The van der Waals surface area contributed by atoms with Crippen LogP contribution >= 0.6 is 11.3 Å². The van der Waals surface area contributed by atoms with Crippen molar-refractivity contribution in [3.05, 3.63) is 81.7 Å². The lowest BCUT2D eigenvalue weighted by Gasteiger charge is -2.27. The molecule has 2 aromatic carbocycles. The van der Waals surface area contributed by atoms with Gasteiger partial charge in [0.2, 0.25) is 0 Å². The average Bonchev–Trinajstić information content (AvgIpc) is 3.14. The predicted molar refractivity (Wildman–Crippen MR) is 113 cm³/mol. The van der Waals surface area contributed by atoms with E-state index < -0.39 is 5.97 Å². The van der Waals surface area contributed by atoms with Crippen LogP contribution in [0.5, 0.6) is 5.75 Å². The molecule has 3 aromatic rings. The van der Waals surface area contributed by atoms with E-state index in [0.717, 1.165) is 35.4 Å². The van der Waals surface area contributed by atoms with Crippen LogP contribution in [-0.4, -0.2) is 11.9 Å². The highest BCUT2D eigenvalue weighted by atomic mass is 32.1. The number of hydrogen-bond acceptors (Lipinski definition) is 5. The molecular formula is C23H20N2O3S. The van der Waals surface area contributed by atoms with Gasteiger partial charge in [0, 0.05) is 4.88 Å². The monoisotopic (exact) mass is 404 g/mol. The maximum Gasteiger partial charge on any atom is 0.343 e. The fraction of sp³-hybridized carbons (Fsp3) is 0.217. The molecule has 2 N–H and O–H groups in total. The fourth-order valence-corrected chi connectivity index (χ4v) is 5.23. The van der Waals surface area contributed by atoms with Gasteiger partial charge in [0.1, 0.15) is 16.9 Å². The van der Waals surface area contributed by atoms with Crippen molar-refractivity contribution >= 4 is 28.2 Å². The van der Waals surface area contributed by atoms with E-state index in [-0.39, 0.29) is 12.1 Å². The van der Waals surface area contributed by atoms with Crippen LogP contribution in [-0.2, 0) is 12.8 Å². The Kier molecular flexibility index (Phi) is 4.56. The number of amides is 1. The minimum absolute atomic E-state index is 0.0114. The Labute approximate surface area is 172 Å². The van der Waals surface area contributed by atoms with Crippen molar-refractivity contribution in [2.24, 2.45) is 0 Å². The first-order valence-corrected chi connectivity index (χ1v) is 10.6. The van der Waals surface area contributed by atoms with E-state index in [1.807, 2.05) is 18.2 Å². The van der Waals surface area contributed by atoms with Crippen LogP contribution in [0.2, 0.25) is 0 Å². The molecule has 0 radical (unpaired) electrons. The molecule has 0 unspecified atom stereocenters. The minimum atomic E-state index is -0.392. The van der Waals surface area contributed by atoms with Crippen LogP contribution in [0.4, 0.5) is 5.00 Å². The highest BCUT2D eigenvalue weighted by molar-refractivity contribution is 7.16. The first kappa shape index (κ1) is 17.9. The zero-order valence-corrected chi connectivity index (χ0v) is 16.6. The Morgan fingerprint density at radius 1 is 0.966 bits per heavy atom. The van der Waals surface area contributed by atoms with Crippen molar-refractivity contribution < 1.29 is 14.3 Å². The summed E-state index contributed by atoms with van der Waals surface area (Å²) in [7, 11) is 0. The number of fused-ring (bicyclic) bond motifs is 3. The van der Waals surface area contributed by atoms with Gasteiger partial charge in [-0.3, -0.25) is 4.79 Å². The molecule has 5 rings (SSSR count). The van der Waals surface area contributed by atoms with E-state index >= 15 is 0 Å². The number of carbonyl (C=O) groups excluding carboxylic acids is 2. The lowest BCUT2D eigenvalue weighted by atomic mass is 9.94. The van der Waals surface area contributed by atoms with E-state index in [1.165, 1.54) is 16.9 Å². The molecule has 5 nitrogen and oxygen atoms in total. The summed E-state index contributed by atoms with van der Waals surface area (Å²) in [5.74, 6) is 0.0657. The zero-order valence-electron chi connectivity index (χ0n) is 15.7. The molecule has 1 atom stereocenters. The average molecular weight is 404 g/mol. The van der Waals surface area contributed by atoms with Crippen LogP contribution in [0.25, 0.3) is 0 Å².